The maximum absolute atomic E-state index is 11.3. The van der Waals surface area contributed by atoms with Gasteiger partial charge in [-0.2, -0.15) is 0 Å². The molecule has 3 N–H and O–H groups in total. The van der Waals surface area contributed by atoms with Crippen molar-refractivity contribution >= 4 is 5.97 Å². The van der Waals surface area contributed by atoms with E-state index in [0.29, 0.717) is 6.04 Å². The SMILES string of the molecule is O=C(O)C1CCCC1N1CC2CNCCN2C1O. The van der Waals surface area contributed by atoms with E-state index < -0.39 is 12.3 Å². The van der Waals surface area contributed by atoms with Crippen molar-refractivity contribution in [2.24, 2.45) is 5.92 Å². The average molecular weight is 255 g/mol. The van der Waals surface area contributed by atoms with Gasteiger partial charge in [-0.1, -0.05) is 6.42 Å². The Bertz CT molecular complexity index is 339. The molecule has 3 aliphatic rings. The van der Waals surface area contributed by atoms with Gasteiger partial charge in [-0.3, -0.25) is 14.6 Å². The standard InChI is InChI=1S/C12H21N3O3/c16-11(17)9-2-1-3-10(9)15-7-8-6-13-4-5-14(8)12(15)18/h8-10,12-13,18H,1-7H2,(H,16,17). The molecule has 4 unspecified atom stereocenters. The normalized spacial score (nSPS) is 42.1. The van der Waals surface area contributed by atoms with Gasteiger partial charge in [0.1, 0.15) is 0 Å². The van der Waals surface area contributed by atoms with Crippen LogP contribution in [0.2, 0.25) is 0 Å². The number of piperazine rings is 1. The quantitative estimate of drug-likeness (QED) is 0.594. The fraction of sp³-hybridized carbons (Fsp3) is 0.917. The lowest BCUT2D eigenvalue weighted by molar-refractivity contribution is -0.146. The van der Waals surface area contributed by atoms with Gasteiger partial charge in [0.25, 0.3) is 0 Å². The third-order valence-corrected chi connectivity index (χ3v) is 4.63. The Morgan fingerprint density at radius 2 is 2.11 bits per heavy atom. The molecule has 6 nitrogen and oxygen atoms in total. The van der Waals surface area contributed by atoms with Crippen LogP contribution in [0.1, 0.15) is 19.3 Å². The molecule has 0 aromatic carbocycles. The number of nitrogens with zero attached hydrogens (tertiary/aromatic N) is 2. The molecule has 2 aliphatic heterocycles. The van der Waals surface area contributed by atoms with Crippen LogP contribution in [0.3, 0.4) is 0 Å². The van der Waals surface area contributed by atoms with Crippen molar-refractivity contribution in [3.8, 4) is 0 Å². The Balaban J connectivity index is 1.74. The van der Waals surface area contributed by atoms with E-state index in [-0.39, 0.29) is 12.0 Å². The van der Waals surface area contributed by atoms with Crippen molar-refractivity contribution in [2.75, 3.05) is 26.2 Å². The summed E-state index contributed by atoms with van der Waals surface area (Å²) < 4.78 is 0. The number of carboxylic acids is 1. The lowest BCUT2D eigenvalue weighted by atomic mass is 10.0. The fourth-order valence-corrected chi connectivity index (χ4v) is 3.71. The zero-order valence-electron chi connectivity index (χ0n) is 10.5. The Morgan fingerprint density at radius 3 is 2.83 bits per heavy atom. The van der Waals surface area contributed by atoms with Gasteiger partial charge < -0.3 is 15.5 Å². The van der Waals surface area contributed by atoms with Crippen LogP contribution >= 0.6 is 0 Å². The summed E-state index contributed by atoms with van der Waals surface area (Å²) in [7, 11) is 0. The summed E-state index contributed by atoms with van der Waals surface area (Å²) in [4.78, 5) is 15.4. The van der Waals surface area contributed by atoms with Crippen molar-refractivity contribution in [1.29, 1.82) is 0 Å². The molecule has 1 aliphatic carbocycles. The van der Waals surface area contributed by atoms with E-state index in [2.05, 4.69) is 10.2 Å². The molecule has 2 heterocycles. The minimum absolute atomic E-state index is 0.00287. The van der Waals surface area contributed by atoms with E-state index in [4.69, 9.17) is 0 Å². The van der Waals surface area contributed by atoms with E-state index in [9.17, 15) is 15.0 Å². The van der Waals surface area contributed by atoms with Gasteiger partial charge >= 0.3 is 5.97 Å². The summed E-state index contributed by atoms with van der Waals surface area (Å²) >= 11 is 0. The van der Waals surface area contributed by atoms with Crippen molar-refractivity contribution in [2.45, 2.75) is 37.7 Å². The molecule has 18 heavy (non-hydrogen) atoms. The number of hydrogen-bond acceptors (Lipinski definition) is 5. The van der Waals surface area contributed by atoms with E-state index >= 15 is 0 Å². The first-order valence-electron chi connectivity index (χ1n) is 6.81. The van der Waals surface area contributed by atoms with Gasteiger partial charge in [0.15, 0.2) is 6.35 Å². The van der Waals surface area contributed by atoms with Gasteiger partial charge in [-0.05, 0) is 12.8 Å². The lowest BCUT2D eigenvalue weighted by Gasteiger charge is -2.33. The highest BCUT2D eigenvalue weighted by Crippen LogP contribution is 2.34. The number of carbonyl (C=O) groups is 1. The molecule has 0 radical (unpaired) electrons. The van der Waals surface area contributed by atoms with Gasteiger partial charge in [0, 0.05) is 38.3 Å². The molecular weight excluding hydrogens is 234 g/mol. The largest absolute Gasteiger partial charge is 0.481 e. The van der Waals surface area contributed by atoms with Gasteiger partial charge in [0.05, 0.1) is 5.92 Å². The summed E-state index contributed by atoms with van der Waals surface area (Å²) in [5.41, 5.74) is 0. The van der Waals surface area contributed by atoms with Crippen LogP contribution < -0.4 is 5.32 Å². The summed E-state index contributed by atoms with van der Waals surface area (Å²) in [6, 6.07) is 0.326. The first-order chi connectivity index (χ1) is 8.68. The van der Waals surface area contributed by atoms with E-state index in [1.807, 2.05) is 4.90 Å². The smallest absolute Gasteiger partial charge is 0.308 e. The number of aliphatic hydroxyl groups excluding tert-OH is 1. The molecule has 0 aromatic heterocycles. The van der Waals surface area contributed by atoms with Gasteiger partial charge in [-0.15, -0.1) is 0 Å². The van der Waals surface area contributed by atoms with Crippen LogP contribution in [-0.2, 0) is 4.79 Å². The first-order valence-corrected chi connectivity index (χ1v) is 6.81. The minimum atomic E-state index is -0.715. The summed E-state index contributed by atoms with van der Waals surface area (Å²) in [6.45, 7) is 3.40. The van der Waals surface area contributed by atoms with Gasteiger partial charge in [-0.25, -0.2) is 0 Å². The third-order valence-electron chi connectivity index (χ3n) is 4.63. The predicted molar refractivity (Wildman–Crippen MR) is 64.8 cm³/mol. The van der Waals surface area contributed by atoms with Gasteiger partial charge in [0.2, 0.25) is 0 Å². The monoisotopic (exact) mass is 255 g/mol. The number of aliphatic carboxylic acids is 1. The van der Waals surface area contributed by atoms with Crippen LogP contribution in [-0.4, -0.2) is 70.6 Å². The maximum Gasteiger partial charge on any atom is 0.308 e. The highest BCUT2D eigenvalue weighted by molar-refractivity contribution is 5.71. The molecule has 6 heteroatoms. The predicted octanol–water partition coefficient (Wildman–Crippen LogP) is -0.895. The number of carboxylic acid groups (broad SMARTS) is 1. The summed E-state index contributed by atoms with van der Waals surface area (Å²) in [6.07, 6.45) is 1.99. The second kappa shape index (κ2) is 4.77. The molecule has 1 saturated carbocycles. The molecule has 0 aromatic rings. The molecule has 3 rings (SSSR count). The highest BCUT2D eigenvalue weighted by Gasteiger charge is 2.47. The lowest BCUT2D eigenvalue weighted by Crippen LogP contribution is -2.52. The molecule has 0 spiro atoms. The number of nitrogens with one attached hydrogen (secondary N) is 1. The van der Waals surface area contributed by atoms with Crippen molar-refractivity contribution < 1.29 is 15.0 Å². The van der Waals surface area contributed by atoms with Crippen molar-refractivity contribution in [3.63, 3.8) is 0 Å². The molecular formula is C12H21N3O3. The molecule has 0 bridgehead atoms. The number of hydrogen-bond donors (Lipinski definition) is 3. The minimum Gasteiger partial charge on any atom is -0.481 e. The molecule has 4 atom stereocenters. The highest BCUT2D eigenvalue weighted by atomic mass is 16.4. The maximum atomic E-state index is 11.3. The molecule has 3 fully saturated rings. The second-order valence-corrected chi connectivity index (χ2v) is 5.58. The molecule has 102 valence electrons. The second-order valence-electron chi connectivity index (χ2n) is 5.58. The number of fused-ring (bicyclic) bond motifs is 1. The fourth-order valence-electron chi connectivity index (χ4n) is 3.71. The Kier molecular flexibility index (Phi) is 3.27. The Labute approximate surface area is 107 Å². The molecule has 0 amide bonds. The van der Waals surface area contributed by atoms with Crippen molar-refractivity contribution in [1.82, 2.24) is 15.1 Å². The zero-order chi connectivity index (χ0) is 12.7. The number of aliphatic hydroxyl groups is 1. The Hall–Kier alpha value is -0.690. The van der Waals surface area contributed by atoms with Crippen molar-refractivity contribution in [3.05, 3.63) is 0 Å². The third kappa shape index (κ3) is 1.93. The number of rotatable bonds is 2. The van der Waals surface area contributed by atoms with E-state index in [0.717, 1.165) is 45.4 Å². The van der Waals surface area contributed by atoms with Crippen LogP contribution in [0, 0.1) is 5.92 Å². The summed E-state index contributed by atoms with van der Waals surface area (Å²) in [5.74, 6) is -1.03. The molecule has 2 saturated heterocycles. The Morgan fingerprint density at radius 1 is 1.28 bits per heavy atom. The summed E-state index contributed by atoms with van der Waals surface area (Å²) in [5, 5.41) is 23.0. The zero-order valence-corrected chi connectivity index (χ0v) is 10.5. The van der Waals surface area contributed by atoms with Crippen LogP contribution in [0.25, 0.3) is 0 Å². The van der Waals surface area contributed by atoms with E-state index in [1.54, 1.807) is 0 Å². The topological polar surface area (TPSA) is 76.0 Å². The first kappa shape index (κ1) is 12.3. The van der Waals surface area contributed by atoms with Crippen LogP contribution in [0.5, 0.6) is 0 Å². The van der Waals surface area contributed by atoms with E-state index in [1.165, 1.54) is 0 Å². The van der Waals surface area contributed by atoms with Crippen LogP contribution in [0.15, 0.2) is 0 Å². The average Bonchev–Trinajstić information content (AvgIpc) is 2.94. The van der Waals surface area contributed by atoms with Crippen LogP contribution in [0.4, 0.5) is 0 Å².